The van der Waals surface area contributed by atoms with E-state index < -0.39 is 23.0 Å². The minimum Gasteiger partial charge on any atom is -0.480 e. The van der Waals surface area contributed by atoms with Gasteiger partial charge in [-0.15, -0.1) is 0 Å². The summed E-state index contributed by atoms with van der Waals surface area (Å²) in [6, 6.07) is 4.64. The number of carboxylic acids is 1. The maximum atomic E-state index is 11.7. The van der Waals surface area contributed by atoms with Gasteiger partial charge in [0, 0.05) is 25.7 Å². The van der Waals surface area contributed by atoms with E-state index in [9.17, 15) is 19.7 Å². The average Bonchev–Trinajstić information content (AvgIpc) is 2.45. The van der Waals surface area contributed by atoms with E-state index in [4.69, 9.17) is 5.11 Å². The number of urea groups is 1. The molecule has 0 spiro atoms. The van der Waals surface area contributed by atoms with Gasteiger partial charge in [-0.1, -0.05) is 12.1 Å². The molecule has 2 N–H and O–H groups in total. The molecule has 1 unspecified atom stereocenters. The first kappa shape index (κ1) is 16.4. The number of carbonyl (C=O) groups is 2. The van der Waals surface area contributed by atoms with E-state index in [0.717, 1.165) is 10.5 Å². The van der Waals surface area contributed by atoms with Crippen molar-refractivity contribution in [2.45, 2.75) is 19.4 Å². The smallest absolute Gasteiger partial charge is 0.326 e. The van der Waals surface area contributed by atoms with Crippen LogP contribution < -0.4 is 5.32 Å². The summed E-state index contributed by atoms with van der Waals surface area (Å²) >= 11 is 0. The average molecular weight is 295 g/mol. The number of hydrogen-bond acceptors (Lipinski definition) is 4. The van der Waals surface area contributed by atoms with Crippen LogP contribution in [0.5, 0.6) is 0 Å². The number of rotatable bonds is 6. The third-order valence-electron chi connectivity index (χ3n) is 3.10. The third kappa shape index (κ3) is 4.75. The molecule has 0 aromatic heterocycles. The summed E-state index contributed by atoms with van der Waals surface area (Å²) in [5.74, 6) is -1.08. The predicted octanol–water partition coefficient (Wildman–Crippen LogP) is 1.25. The number of benzene rings is 1. The zero-order chi connectivity index (χ0) is 16.0. The van der Waals surface area contributed by atoms with Crippen molar-refractivity contribution in [3.8, 4) is 0 Å². The van der Waals surface area contributed by atoms with Crippen molar-refractivity contribution in [1.82, 2.24) is 10.2 Å². The van der Waals surface area contributed by atoms with Crippen molar-refractivity contribution in [3.05, 3.63) is 39.9 Å². The lowest BCUT2D eigenvalue weighted by molar-refractivity contribution is -0.384. The van der Waals surface area contributed by atoms with Gasteiger partial charge < -0.3 is 15.3 Å². The van der Waals surface area contributed by atoms with Crippen LogP contribution in [-0.2, 0) is 11.2 Å². The summed E-state index contributed by atoms with van der Waals surface area (Å²) in [6.45, 7) is 1.73. The first-order chi connectivity index (χ1) is 9.82. The van der Waals surface area contributed by atoms with Gasteiger partial charge in [0.05, 0.1) is 4.92 Å². The van der Waals surface area contributed by atoms with Crippen LogP contribution in [0.1, 0.15) is 12.5 Å². The van der Waals surface area contributed by atoms with Crippen molar-refractivity contribution >= 4 is 17.7 Å². The fraction of sp³-hybridized carbons (Fsp3) is 0.385. The lowest BCUT2D eigenvalue weighted by Gasteiger charge is -2.21. The summed E-state index contributed by atoms with van der Waals surface area (Å²) < 4.78 is 0. The van der Waals surface area contributed by atoms with Gasteiger partial charge in [0.25, 0.3) is 5.69 Å². The highest BCUT2D eigenvalue weighted by atomic mass is 16.6. The Bertz CT molecular complexity index is 529. The molecule has 1 rings (SSSR count). The van der Waals surface area contributed by atoms with E-state index in [1.165, 1.54) is 26.1 Å². The molecule has 0 aliphatic rings. The molecule has 114 valence electrons. The molecule has 0 saturated carbocycles. The third-order valence-corrected chi connectivity index (χ3v) is 3.10. The van der Waals surface area contributed by atoms with Crippen molar-refractivity contribution in [1.29, 1.82) is 0 Å². The molecular formula is C13H17N3O5. The molecule has 0 saturated heterocycles. The highest BCUT2D eigenvalue weighted by Crippen LogP contribution is 2.11. The van der Waals surface area contributed by atoms with Gasteiger partial charge in [-0.2, -0.15) is 0 Å². The number of aliphatic carboxylic acids is 1. The number of nitro benzene ring substituents is 1. The van der Waals surface area contributed by atoms with E-state index >= 15 is 0 Å². The summed E-state index contributed by atoms with van der Waals surface area (Å²) in [6.07, 6.45) is 0.499. The second kappa shape index (κ2) is 7.22. The number of nitrogens with one attached hydrogen (secondary N) is 1. The highest BCUT2D eigenvalue weighted by Gasteiger charge is 2.21. The van der Waals surface area contributed by atoms with Gasteiger partial charge in [-0.25, -0.2) is 9.59 Å². The molecule has 0 fully saturated rings. The summed E-state index contributed by atoms with van der Waals surface area (Å²) in [5.41, 5.74) is 0.854. The fourth-order valence-corrected chi connectivity index (χ4v) is 1.56. The highest BCUT2D eigenvalue weighted by molar-refractivity contribution is 5.82. The van der Waals surface area contributed by atoms with Crippen molar-refractivity contribution in [2.24, 2.45) is 0 Å². The molecule has 1 aromatic rings. The Kier molecular flexibility index (Phi) is 5.65. The monoisotopic (exact) mass is 295 g/mol. The molecule has 0 aliphatic heterocycles. The topological polar surface area (TPSA) is 113 Å². The van der Waals surface area contributed by atoms with Gasteiger partial charge in [0.15, 0.2) is 0 Å². The first-order valence-corrected chi connectivity index (χ1v) is 6.29. The van der Waals surface area contributed by atoms with Gasteiger partial charge in [0.1, 0.15) is 6.04 Å². The fourth-order valence-electron chi connectivity index (χ4n) is 1.56. The molecule has 8 heteroatoms. The molecule has 1 atom stereocenters. The maximum Gasteiger partial charge on any atom is 0.326 e. The second-order valence-corrected chi connectivity index (χ2v) is 4.53. The normalized spacial score (nSPS) is 11.5. The summed E-state index contributed by atoms with van der Waals surface area (Å²) in [4.78, 5) is 33.6. The zero-order valence-corrected chi connectivity index (χ0v) is 11.8. The van der Waals surface area contributed by atoms with Crippen LogP contribution in [0.4, 0.5) is 10.5 Å². The Morgan fingerprint density at radius 3 is 2.43 bits per heavy atom. The number of carbonyl (C=O) groups excluding carboxylic acids is 1. The largest absolute Gasteiger partial charge is 0.480 e. The molecular weight excluding hydrogens is 278 g/mol. The van der Waals surface area contributed by atoms with Crippen LogP contribution in [0.15, 0.2) is 24.3 Å². The lowest BCUT2D eigenvalue weighted by Crippen LogP contribution is -2.46. The molecule has 8 nitrogen and oxygen atoms in total. The molecule has 0 aliphatic carbocycles. The van der Waals surface area contributed by atoms with E-state index in [1.807, 2.05) is 0 Å². The molecule has 0 radical (unpaired) electrons. The number of nitrogens with zero attached hydrogens (tertiary/aromatic N) is 2. The number of carboxylic acid groups (broad SMARTS) is 1. The number of nitro groups is 1. The van der Waals surface area contributed by atoms with E-state index in [0.29, 0.717) is 13.0 Å². The molecule has 0 heterocycles. The van der Waals surface area contributed by atoms with E-state index in [-0.39, 0.29) is 5.69 Å². The quantitative estimate of drug-likeness (QED) is 0.605. The van der Waals surface area contributed by atoms with E-state index in [2.05, 4.69) is 5.32 Å². The second-order valence-electron chi connectivity index (χ2n) is 4.53. The van der Waals surface area contributed by atoms with Crippen LogP contribution in [0.3, 0.4) is 0 Å². The van der Waals surface area contributed by atoms with Crippen LogP contribution in [-0.4, -0.2) is 46.6 Å². The van der Waals surface area contributed by atoms with Crippen molar-refractivity contribution in [3.63, 3.8) is 0 Å². The SMILES string of the molecule is CC(C(=O)O)N(C)C(=O)NCCc1ccc([N+](=O)[O-])cc1. The maximum absolute atomic E-state index is 11.7. The lowest BCUT2D eigenvalue weighted by atomic mass is 10.1. The van der Waals surface area contributed by atoms with Crippen LogP contribution in [0.2, 0.25) is 0 Å². The Morgan fingerprint density at radius 2 is 1.95 bits per heavy atom. The van der Waals surface area contributed by atoms with Gasteiger partial charge >= 0.3 is 12.0 Å². The zero-order valence-electron chi connectivity index (χ0n) is 11.8. The standard InChI is InChI=1S/C13H17N3O5/c1-9(12(17)18)15(2)13(19)14-8-7-10-3-5-11(6-4-10)16(20)21/h3-6,9H,7-8H2,1-2H3,(H,14,19)(H,17,18). The van der Waals surface area contributed by atoms with Gasteiger partial charge in [0.2, 0.25) is 0 Å². The van der Waals surface area contributed by atoms with Crippen LogP contribution in [0, 0.1) is 10.1 Å². The Hall–Kier alpha value is -2.64. The number of non-ortho nitro benzene ring substituents is 1. The Balaban J connectivity index is 2.44. The Labute approximate surface area is 121 Å². The van der Waals surface area contributed by atoms with E-state index in [1.54, 1.807) is 12.1 Å². The minimum absolute atomic E-state index is 0.0119. The number of likely N-dealkylation sites (N-methyl/N-ethyl adjacent to an activating group) is 1. The van der Waals surface area contributed by atoms with Crippen molar-refractivity contribution in [2.75, 3.05) is 13.6 Å². The molecule has 1 aromatic carbocycles. The first-order valence-electron chi connectivity index (χ1n) is 6.29. The molecule has 0 bridgehead atoms. The Morgan fingerprint density at radius 1 is 1.38 bits per heavy atom. The number of hydrogen-bond donors (Lipinski definition) is 2. The van der Waals surface area contributed by atoms with Gasteiger partial charge in [-0.3, -0.25) is 10.1 Å². The van der Waals surface area contributed by atoms with Crippen LogP contribution in [0.25, 0.3) is 0 Å². The van der Waals surface area contributed by atoms with Crippen LogP contribution >= 0.6 is 0 Å². The molecule has 2 amide bonds. The minimum atomic E-state index is -1.08. The summed E-state index contributed by atoms with van der Waals surface area (Å²) in [7, 11) is 1.40. The number of amides is 2. The molecule has 21 heavy (non-hydrogen) atoms. The summed E-state index contributed by atoms with van der Waals surface area (Å²) in [5, 5.41) is 21.9. The van der Waals surface area contributed by atoms with Gasteiger partial charge in [-0.05, 0) is 18.9 Å². The predicted molar refractivity (Wildman–Crippen MR) is 75.1 cm³/mol. The van der Waals surface area contributed by atoms with Crippen molar-refractivity contribution < 1.29 is 19.6 Å².